The minimum atomic E-state index is -3.45. The average molecular weight is 252 g/mol. The number of halogens is 2. The highest BCUT2D eigenvalue weighted by Crippen LogP contribution is 2.36. The normalized spacial score (nSPS) is 11.5. The molecule has 6 heteroatoms. The molecule has 1 heterocycles. The van der Waals surface area contributed by atoms with Gasteiger partial charge in [0.25, 0.3) is 0 Å². The van der Waals surface area contributed by atoms with Gasteiger partial charge in [-0.25, -0.2) is 9.78 Å². The van der Waals surface area contributed by atoms with Crippen LogP contribution < -0.4 is 0 Å². The molecule has 1 aromatic carbocycles. The van der Waals surface area contributed by atoms with E-state index in [-0.39, 0.29) is 0 Å². The lowest BCUT2D eigenvalue weighted by atomic mass is 10.0. The van der Waals surface area contributed by atoms with Crippen LogP contribution in [0.4, 0.5) is 8.78 Å². The van der Waals surface area contributed by atoms with E-state index in [9.17, 15) is 13.6 Å². The molecule has 0 bridgehead atoms. The van der Waals surface area contributed by atoms with Gasteiger partial charge in [0.15, 0.2) is 5.82 Å². The molecule has 1 aromatic heterocycles. The number of aryl methyl sites for hydroxylation is 1. The first-order valence-electron chi connectivity index (χ1n) is 5.13. The second-order valence-electron chi connectivity index (χ2n) is 3.79. The number of rotatable bonds is 3. The van der Waals surface area contributed by atoms with Crippen LogP contribution >= 0.6 is 0 Å². The Labute approximate surface area is 102 Å². The van der Waals surface area contributed by atoms with Gasteiger partial charge in [0.1, 0.15) is 0 Å². The number of hydrogen-bond donors (Lipinski definition) is 1. The fourth-order valence-corrected chi connectivity index (χ4v) is 1.73. The molecule has 4 nitrogen and oxygen atoms in total. The summed E-state index contributed by atoms with van der Waals surface area (Å²) in [5, 5.41) is 8.94. The standard InChI is InChI=1S/C12H10F2N2O2/c1-16-7-6-15-11(16)12(13,14)9-5-3-2-4-8(9)10(17)18/h2-7H,1H3,(H,17,18). The summed E-state index contributed by atoms with van der Waals surface area (Å²) in [4.78, 5) is 14.5. The second kappa shape index (κ2) is 4.21. The molecule has 18 heavy (non-hydrogen) atoms. The maximum Gasteiger partial charge on any atom is 0.336 e. The van der Waals surface area contributed by atoms with Gasteiger partial charge in [0.2, 0.25) is 0 Å². The van der Waals surface area contributed by atoms with E-state index in [1.807, 2.05) is 0 Å². The van der Waals surface area contributed by atoms with Crippen molar-refractivity contribution in [3.63, 3.8) is 0 Å². The van der Waals surface area contributed by atoms with Crippen LogP contribution in [0.15, 0.2) is 36.7 Å². The second-order valence-corrected chi connectivity index (χ2v) is 3.79. The zero-order chi connectivity index (χ0) is 13.3. The largest absolute Gasteiger partial charge is 0.478 e. The van der Waals surface area contributed by atoms with Crippen LogP contribution in [-0.2, 0) is 13.0 Å². The highest BCUT2D eigenvalue weighted by Gasteiger charge is 2.40. The van der Waals surface area contributed by atoms with E-state index < -0.39 is 28.8 Å². The lowest BCUT2D eigenvalue weighted by molar-refractivity contribution is 0.0274. The molecule has 94 valence electrons. The van der Waals surface area contributed by atoms with Crippen LogP contribution in [0.25, 0.3) is 0 Å². The van der Waals surface area contributed by atoms with Crippen molar-refractivity contribution in [3.8, 4) is 0 Å². The number of hydrogen-bond acceptors (Lipinski definition) is 2. The molecule has 2 rings (SSSR count). The molecule has 0 aliphatic rings. The third kappa shape index (κ3) is 1.85. The molecule has 1 N–H and O–H groups in total. The van der Waals surface area contributed by atoms with Gasteiger partial charge in [-0.15, -0.1) is 0 Å². The summed E-state index contributed by atoms with van der Waals surface area (Å²) in [5.41, 5.74) is -0.989. The highest BCUT2D eigenvalue weighted by atomic mass is 19.3. The first kappa shape index (κ1) is 12.2. The van der Waals surface area contributed by atoms with Crippen molar-refractivity contribution >= 4 is 5.97 Å². The number of nitrogens with zero attached hydrogens (tertiary/aromatic N) is 2. The number of benzene rings is 1. The number of carboxylic acids is 1. The third-order valence-electron chi connectivity index (χ3n) is 2.60. The molecule has 0 atom stereocenters. The SMILES string of the molecule is Cn1ccnc1C(F)(F)c1ccccc1C(=O)O. The van der Waals surface area contributed by atoms with Crippen molar-refractivity contribution in [1.82, 2.24) is 9.55 Å². The van der Waals surface area contributed by atoms with Crippen molar-refractivity contribution in [3.05, 3.63) is 53.6 Å². The van der Waals surface area contributed by atoms with Gasteiger partial charge in [0, 0.05) is 25.0 Å². The van der Waals surface area contributed by atoms with Crippen LogP contribution in [0, 0.1) is 0 Å². The Bertz CT molecular complexity index is 593. The third-order valence-corrected chi connectivity index (χ3v) is 2.60. The Hall–Kier alpha value is -2.24. The molecular weight excluding hydrogens is 242 g/mol. The Kier molecular flexibility index (Phi) is 2.86. The van der Waals surface area contributed by atoms with Crippen molar-refractivity contribution in [2.24, 2.45) is 7.05 Å². The van der Waals surface area contributed by atoms with Gasteiger partial charge in [-0.1, -0.05) is 18.2 Å². The van der Waals surface area contributed by atoms with E-state index in [1.54, 1.807) is 0 Å². The van der Waals surface area contributed by atoms with Gasteiger partial charge in [-0.05, 0) is 6.07 Å². The first-order chi connectivity index (χ1) is 8.44. The lowest BCUT2D eigenvalue weighted by Crippen LogP contribution is -2.23. The summed E-state index contributed by atoms with van der Waals surface area (Å²) in [7, 11) is 1.43. The topological polar surface area (TPSA) is 55.1 Å². The van der Waals surface area contributed by atoms with E-state index in [4.69, 9.17) is 5.11 Å². The number of aromatic nitrogens is 2. The zero-order valence-electron chi connectivity index (χ0n) is 9.47. The van der Waals surface area contributed by atoms with Crippen molar-refractivity contribution in [2.75, 3.05) is 0 Å². The molecule has 0 saturated carbocycles. The zero-order valence-corrected chi connectivity index (χ0v) is 9.47. The Morgan fingerprint density at radius 1 is 1.39 bits per heavy atom. The highest BCUT2D eigenvalue weighted by molar-refractivity contribution is 5.89. The predicted octanol–water partition coefficient (Wildman–Crippen LogP) is 2.26. The monoisotopic (exact) mass is 252 g/mol. The smallest absolute Gasteiger partial charge is 0.336 e. The summed E-state index contributed by atoms with van der Waals surface area (Å²) < 4.78 is 29.7. The maximum atomic E-state index is 14.3. The summed E-state index contributed by atoms with van der Waals surface area (Å²) in [5.74, 6) is -5.33. The number of carboxylic acid groups (broad SMARTS) is 1. The molecule has 0 unspecified atom stereocenters. The summed E-state index contributed by atoms with van der Waals surface area (Å²) in [6, 6.07) is 5.02. The molecule has 0 amide bonds. The number of imidazole rings is 1. The van der Waals surface area contributed by atoms with Crippen molar-refractivity contribution in [1.29, 1.82) is 0 Å². The summed E-state index contributed by atoms with van der Waals surface area (Å²) >= 11 is 0. The average Bonchev–Trinajstić information content (AvgIpc) is 2.76. The Balaban J connectivity index is 2.61. The van der Waals surface area contributed by atoms with Crippen molar-refractivity contribution < 1.29 is 18.7 Å². The van der Waals surface area contributed by atoms with Gasteiger partial charge >= 0.3 is 11.9 Å². The Morgan fingerprint density at radius 3 is 2.61 bits per heavy atom. The van der Waals surface area contributed by atoms with Crippen LogP contribution in [0.5, 0.6) is 0 Å². The minimum Gasteiger partial charge on any atom is -0.478 e. The molecule has 0 saturated heterocycles. The van der Waals surface area contributed by atoms with Gasteiger partial charge in [-0.2, -0.15) is 8.78 Å². The predicted molar refractivity (Wildman–Crippen MR) is 59.6 cm³/mol. The summed E-state index contributed by atoms with van der Waals surface area (Å²) in [6.07, 6.45) is 2.62. The van der Waals surface area contributed by atoms with E-state index in [2.05, 4.69) is 4.98 Å². The van der Waals surface area contributed by atoms with Crippen LogP contribution in [0.1, 0.15) is 21.7 Å². The molecule has 0 spiro atoms. The maximum absolute atomic E-state index is 14.3. The van der Waals surface area contributed by atoms with Gasteiger partial charge < -0.3 is 9.67 Å². The van der Waals surface area contributed by atoms with E-state index in [1.165, 1.54) is 36.1 Å². The number of carbonyl (C=O) groups is 1. The first-order valence-corrected chi connectivity index (χ1v) is 5.13. The minimum absolute atomic E-state index is 0.425. The fraction of sp³-hybridized carbons (Fsp3) is 0.167. The summed E-state index contributed by atoms with van der Waals surface area (Å²) in [6.45, 7) is 0. The number of aromatic carboxylic acids is 1. The lowest BCUT2D eigenvalue weighted by Gasteiger charge is -2.18. The van der Waals surface area contributed by atoms with Crippen LogP contribution in [0.3, 0.4) is 0 Å². The van der Waals surface area contributed by atoms with Gasteiger partial charge in [-0.3, -0.25) is 0 Å². The molecule has 0 aliphatic carbocycles. The molecule has 0 aliphatic heterocycles. The van der Waals surface area contributed by atoms with E-state index in [0.29, 0.717) is 0 Å². The molecular formula is C12H10F2N2O2. The quantitative estimate of drug-likeness (QED) is 0.911. The van der Waals surface area contributed by atoms with E-state index >= 15 is 0 Å². The number of alkyl halides is 2. The molecule has 0 radical (unpaired) electrons. The van der Waals surface area contributed by atoms with Gasteiger partial charge in [0.05, 0.1) is 5.56 Å². The Morgan fingerprint density at radius 2 is 2.06 bits per heavy atom. The van der Waals surface area contributed by atoms with E-state index in [0.717, 1.165) is 12.1 Å². The molecule has 2 aromatic rings. The molecule has 0 fully saturated rings. The van der Waals surface area contributed by atoms with Crippen molar-refractivity contribution in [2.45, 2.75) is 5.92 Å². The fourth-order valence-electron chi connectivity index (χ4n) is 1.73. The van der Waals surface area contributed by atoms with Crippen LogP contribution in [0.2, 0.25) is 0 Å². The van der Waals surface area contributed by atoms with Crippen LogP contribution in [-0.4, -0.2) is 20.6 Å².